The molecule has 1 nitrogen and oxygen atoms in total. The fourth-order valence-corrected chi connectivity index (χ4v) is 2.61. The van der Waals surface area contributed by atoms with Gasteiger partial charge in [0.25, 0.3) is 0 Å². The molecule has 1 aliphatic rings. The Hall–Kier alpha value is -0.900. The summed E-state index contributed by atoms with van der Waals surface area (Å²) in [4.78, 5) is 0. The van der Waals surface area contributed by atoms with Gasteiger partial charge in [-0.05, 0) is 37.0 Å². The number of anilines is 1. The zero-order chi connectivity index (χ0) is 13.3. The van der Waals surface area contributed by atoms with Crippen molar-refractivity contribution in [1.82, 2.24) is 0 Å². The summed E-state index contributed by atoms with van der Waals surface area (Å²) >= 11 is 5.64. The lowest BCUT2D eigenvalue weighted by Gasteiger charge is -2.22. The third-order valence-corrected chi connectivity index (χ3v) is 3.72. The summed E-state index contributed by atoms with van der Waals surface area (Å²) in [5, 5.41) is 3.12. The van der Waals surface area contributed by atoms with Gasteiger partial charge in [-0.3, -0.25) is 0 Å². The second-order valence-electron chi connectivity index (χ2n) is 4.85. The molecule has 0 amide bonds. The molecule has 1 N–H and O–H groups in total. The minimum atomic E-state index is -4.38. The number of benzene rings is 1. The molecule has 0 spiro atoms. The highest BCUT2D eigenvalue weighted by atomic mass is 35.5. The molecule has 1 aromatic carbocycles. The maximum absolute atomic E-state index is 12.9. The fourth-order valence-electron chi connectivity index (χ4n) is 2.44. The first-order chi connectivity index (χ1) is 8.38. The Bertz CT molecular complexity index is 431. The van der Waals surface area contributed by atoms with Crippen molar-refractivity contribution in [2.75, 3.05) is 5.32 Å². The van der Waals surface area contributed by atoms with Gasteiger partial charge in [-0.1, -0.05) is 24.9 Å². The molecule has 0 aliphatic heterocycles. The van der Waals surface area contributed by atoms with Crippen molar-refractivity contribution in [3.8, 4) is 0 Å². The number of hydrogen-bond donors (Lipinski definition) is 1. The zero-order valence-corrected chi connectivity index (χ0v) is 10.8. The number of hydrogen-bond acceptors (Lipinski definition) is 1. The van der Waals surface area contributed by atoms with Crippen LogP contribution in [0.15, 0.2) is 18.2 Å². The summed E-state index contributed by atoms with van der Waals surface area (Å²) < 4.78 is 38.7. The van der Waals surface area contributed by atoms with Gasteiger partial charge in [0, 0.05) is 16.8 Å². The summed E-state index contributed by atoms with van der Waals surface area (Å²) in [5.74, 6) is 0.404. The van der Waals surface area contributed by atoms with Gasteiger partial charge in [0.15, 0.2) is 0 Å². The highest BCUT2D eigenvalue weighted by Gasteiger charge is 2.35. The summed E-state index contributed by atoms with van der Waals surface area (Å²) in [6, 6.07) is 3.99. The lowest BCUT2D eigenvalue weighted by Crippen LogP contribution is -2.23. The fraction of sp³-hybridized carbons (Fsp3) is 0.538. The van der Waals surface area contributed by atoms with Gasteiger partial charge in [-0.2, -0.15) is 13.2 Å². The van der Waals surface area contributed by atoms with Crippen LogP contribution in [0.3, 0.4) is 0 Å². The second kappa shape index (κ2) is 5.00. The third kappa shape index (κ3) is 2.91. The smallest absolute Gasteiger partial charge is 0.382 e. The Labute approximate surface area is 109 Å². The molecule has 0 bridgehead atoms. The number of halogens is 4. The topological polar surface area (TPSA) is 12.0 Å². The molecule has 2 rings (SSSR count). The van der Waals surface area contributed by atoms with E-state index in [1.807, 2.05) is 0 Å². The van der Waals surface area contributed by atoms with Crippen LogP contribution in [-0.4, -0.2) is 6.04 Å². The van der Waals surface area contributed by atoms with E-state index in [9.17, 15) is 13.2 Å². The minimum absolute atomic E-state index is 0.104. The van der Waals surface area contributed by atoms with E-state index in [1.54, 1.807) is 0 Å². The molecule has 0 saturated heterocycles. The summed E-state index contributed by atoms with van der Waals surface area (Å²) in [7, 11) is 0. The van der Waals surface area contributed by atoms with Crippen LogP contribution in [0.2, 0.25) is 5.02 Å². The number of nitrogens with one attached hydrogen (secondary N) is 1. The Kier molecular flexibility index (Phi) is 3.76. The Morgan fingerprint density at radius 1 is 1.28 bits per heavy atom. The van der Waals surface area contributed by atoms with Gasteiger partial charge in [-0.25, -0.2) is 0 Å². The molecule has 0 heterocycles. The number of rotatable bonds is 2. The van der Waals surface area contributed by atoms with Crippen molar-refractivity contribution in [1.29, 1.82) is 0 Å². The van der Waals surface area contributed by atoms with Gasteiger partial charge in [0.05, 0.1) is 5.56 Å². The molecular weight excluding hydrogens is 263 g/mol. The van der Waals surface area contributed by atoms with E-state index in [-0.39, 0.29) is 16.8 Å². The van der Waals surface area contributed by atoms with Gasteiger partial charge < -0.3 is 5.32 Å². The summed E-state index contributed by atoms with van der Waals surface area (Å²) in [5.41, 5.74) is -0.556. The van der Waals surface area contributed by atoms with Crippen molar-refractivity contribution in [3.63, 3.8) is 0 Å². The van der Waals surface area contributed by atoms with Crippen LogP contribution in [-0.2, 0) is 6.18 Å². The van der Waals surface area contributed by atoms with E-state index < -0.39 is 11.7 Å². The minimum Gasteiger partial charge on any atom is -0.382 e. The van der Waals surface area contributed by atoms with Crippen LogP contribution in [0, 0.1) is 5.92 Å². The van der Waals surface area contributed by atoms with Gasteiger partial charge in [0.2, 0.25) is 0 Å². The van der Waals surface area contributed by atoms with Crippen LogP contribution >= 0.6 is 11.6 Å². The highest BCUT2D eigenvalue weighted by Crippen LogP contribution is 2.38. The van der Waals surface area contributed by atoms with Crippen molar-refractivity contribution in [3.05, 3.63) is 28.8 Å². The molecule has 1 saturated carbocycles. The molecule has 0 aromatic heterocycles. The Balaban J connectivity index is 2.27. The maximum atomic E-state index is 12.9. The first kappa shape index (κ1) is 13.5. The average molecular weight is 278 g/mol. The van der Waals surface area contributed by atoms with E-state index in [1.165, 1.54) is 12.1 Å². The van der Waals surface area contributed by atoms with Crippen LogP contribution in [0.4, 0.5) is 18.9 Å². The van der Waals surface area contributed by atoms with Crippen molar-refractivity contribution >= 4 is 17.3 Å². The molecule has 1 aromatic rings. The van der Waals surface area contributed by atoms with Crippen molar-refractivity contribution in [2.24, 2.45) is 5.92 Å². The molecule has 0 radical (unpaired) electrons. The number of alkyl halides is 3. The SMILES string of the molecule is CC1CCCC1Nc1ccc(Cl)cc1C(F)(F)F. The standard InChI is InChI=1S/C13H15ClF3N/c1-8-3-2-4-11(8)18-12-6-5-9(14)7-10(12)13(15,16)17/h5-8,11,18H,2-4H2,1H3. The van der Waals surface area contributed by atoms with Crippen LogP contribution < -0.4 is 5.32 Å². The van der Waals surface area contributed by atoms with E-state index in [2.05, 4.69) is 12.2 Å². The second-order valence-corrected chi connectivity index (χ2v) is 5.28. The first-order valence-corrected chi connectivity index (χ1v) is 6.39. The van der Waals surface area contributed by atoms with Crippen LogP contribution in [0.1, 0.15) is 31.7 Å². The largest absolute Gasteiger partial charge is 0.418 e. The molecule has 1 aliphatic carbocycles. The van der Waals surface area contributed by atoms with Gasteiger partial charge >= 0.3 is 6.18 Å². The third-order valence-electron chi connectivity index (χ3n) is 3.49. The molecule has 2 unspecified atom stereocenters. The normalized spacial score (nSPS) is 24.3. The maximum Gasteiger partial charge on any atom is 0.418 e. The lowest BCUT2D eigenvalue weighted by atomic mass is 10.0. The Morgan fingerprint density at radius 3 is 2.56 bits per heavy atom. The van der Waals surface area contributed by atoms with E-state index >= 15 is 0 Å². The Morgan fingerprint density at radius 2 is 2.00 bits per heavy atom. The molecule has 18 heavy (non-hydrogen) atoms. The summed E-state index contributed by atoms with van der Waals surface area (Å²) in [6.07, 6.45) is -1.34. The predicted molar refractivity (Wildman–Crippen MR) is 66.9 cm³/mol. The van der Waals surface area contributed by atoms with Crippen molar-refractivity contribution in [2.45, 2.75) is 38.4 Å². The van der Waals surface area contributed by atoms with Crippen LogP contribution in [0.5, 0.6) is 0 Å². The quantitative estimate of drug-likeness (QED) is 0.806. The van der Waals surface area contributed by atoms with Crippen molar-refractivity contribution < 1.29 is 13.2 Å². The lowest BCUT2D eigenvalue weighted by molar-refractivity contribution is -0.137. The van der Waals surface area contributed by atoms with Gasteiger partial charge in [0.1, 0.15) is 0 Å². The molecule has 2 atom stereocenters. The van der Waals surface area contributed by atoms with Gasteiger partial charge in [-0.15, -0.1) is 0 Å². The van der Waals surface area contributed by atoms with E-state index in [0.29, 0.717) is 5.92 Å². The molecule has 100 valence electrons. The molecule has 1 fully saturated rings. The zero-order valence-electron chi connectivity index (χ0n) is 10.0. The average Bonchev–Trinajstić information content (AvgIpc) is 2.66. The van der Waals surface area contributed by atoms with Crippen LogP contribution in [0.25, 0.3) is 0 Å². The highest BCUT2D eigenvalue weighted by molar-refractivity contribution is 6.30. The van der Waals surface area contributed by atoms with E-state index in [0.717, 1.165) is 25.3 Å². The molecule has 5 heteroatoms. The monoisotopic (exact) mass is 277 g/mol. The molecular formula is C13H15ClF3N. The van der Waals surface area contributed by atoms with E-state index in [4.69, 9.17) is 11.6 Å². The first-order valence-electron chi connectivity index (χ1n) is 6.01. The predicted octanol–water partition coefficient (Wildman–Crippen LogP) is 4.96. The summed E-state index contributed by atoms with van der Waals surface area (Å²) in [6.45, 7) is 2.06.